The Morgan fingerprint density at radius 1 is 1.20 bits per heavy atom. The highest BCUT2D eigenvalue weighted by Crippen LogP contribution is 2.31. The summed E-state index contributed by atoms with van der Waals surface area (Å²) in [5.41, 5.74) is 7.46. The van der Waals surface area contributed by atoms with Crippen LogP contribution >= 0.6 is 11.3 Å². The van der Waals surface area contributed by atoms with Crippen LogP contribution in [-0.2, 0) is 9.84 Å². The molecule has 0 amide bonds. The molecule has 0 saturated heterocycles. The smallest absolute Gasteiger partial charge is 0.195 e. The first-order chi connectivity index (χ1) is 9.46. The van der Waals surface area contributed by atoms with Crippen molar-refractivity contribution in [3.63, 3.8) is 0 Å². The molecule has 0 bridgehead atoms. The van der Waals surface area contributed by atoms with Gasteiger partial charge in [0, 0.05) is 26.3 Å². The molecule has 2 N–H and O–H groups in total. The van der Waals surface area contributed by atoms with E-state index in [1.54, 1.807) is 17.5 Å². The second kappa shape index (κ2) is 5.95. The van der Waals surface area contributed by atoms with E-state index in [2.05, 4.69) is 0 Å². The fourth-order valence-electron chi connectivity index (χ4n) is 1.99. The zero-order valence-electron chi connectivity index (χ0n) is 11.5. The average Bonchev–Trinajstić information content (AvgIpc) is 2.94. The van der Waals surface area contributed by atoms with Gasteiger partial charge in [-0.15, -0.1) is 11.3 Å². The Morgan fingerprint density at radius 2 is 1.85 bits per heavy atom. The molecule has 6 heteroatoms. The van der Waals surface area contributed by atoms with Gasteiger partial charge in [-0.1, -0.05) is 18.2 Å². The quantitative estimate of drug-likeness (QED) is 0.920. The lowest BCUT2D eigenvalue weighted by Crippen LogP contribution is -2.21. The van der Waals surface area contributed by atoms with Crippen LogP contribution in [0.25, 0.3) is 0 Å². The summed E-state index contributed by atoms with van der Waals surface area (Å²) in [5, 5.41) is 1.06. The molecule has 20 heavy (non-hydrogen) atoms. The van der Waals surface area contributed by atoms with Crippen molar-refractivity contribution < 1.29 is 8.42 Å². The Kier molecular flexibility index (Phi) is 4.47. The number of anilines is 1. The molecular weight excluding hydrogens is 292 g/mol. The normalized spacial score (nSPS) is 13.2. The van der Waals surface area contributed by atoms with Crippen LogP contribution in [0.3, 0.4) is 0 Å². The van der Waals surface area contributed by atoms with Crippen LogP contribution in [0.15, 0.2) is 46.0 Å². The number of hydrogen-bond donors (Lipinski definition) is 1. The van der Waals surface area contributed by atoms with Crippen molar-refractivity contribution in [3.05, 3.63) is 47.3 Å². The molecule has 1 atom stereocenters. The van der Waals surface area contributed by atoms with Gasteiger partial charge in [0.15, 0.2) is 9.84 Å². The average molecular weight is 310 g/mol. The topological polar surface area (TPSA) is 63.4 Å². The van der Waals surface area contributed by atoms with Crippen molar-refractivity contribution >= 4 is 26.9 Å². The molecule has 0 unspecified atom stereocenters. The van der Waals surface area contributed by atoms with Crippen molar-refractivity contribution in [1.29, 1.82) is 0 Å². The summed E-state index contributed by atoms with van der Waals surface area (Å²) in [6.07, 6.45) is 0. The third-order valence-corrected chi connectivity index (χ3v) is 6.70. The molecular formula is C14H18N2O2S2. The van der Waals surface area contributed by atoms with Crippen LogP contribution in [0.1, 0.15) is 10.8 Å². The largest absolute Gasteiger partial charge is 0.378 e. The van der Waals surface area contributed by atoms with Crippen molar-refractivity contribution in [1.82, 2.24) is 0 Å². The SMILES string of the molecule is CN(C)c1ccc([C@@H](CN)S(=O)(=O)c2cccs2)cc1. The first-order valence-corrected chi connectivity index (χ1v) is 8.64. The van der Waals surface area contributed by atoms with Crippen LogP contribution in [0.5, 0.6) is 0 Å². The van der Waals surface area contributed by atoms with Gasteiger partial charge in [0.05, 0.1) is 0 Å². The highest BCUT2D eigenvalue weighted by Gasteiger charge is 2.28. The second-order valence-electron chi connectivity index (χ2n) is 4.69. The Hall–Kier alpha value is -1.37. The molecule has 0 aliphatic heterocycles. The van der Waals surface area contributed by atoms with Crippen LogP contribution in [0.2, 0.25) is 0 Å². The molecule has 2 aromatic rings. The van der Waals surface area contributed by atoms with Gasteiger partial charge in [0.25, 0.3) is 0 Å². The number of nitrogens with two attached hydrogens (primary N) is 1. The van der Waals surface area contributed by atoms with E-state index in [1.807, 2.05) is 43.3 Å². The molecule has 0 spiro atoms. The minimum atomic E-state index is -3.41. The van der Waals surface area contributed by atoms with Crippen LogP contribution in [0.4, 0.5) is 5.69 Å². The maximum absolute atomic E-state index is 12.6. The predicted octanol–water partition coefficient (Wildman–Crippen LogP) is 2.29. The van der Waals surface area contributed by atoms with Crippen molar-refractivity contribution in [2.45, 2.75) is 9.46 Å². The Labute approximate surface area is 123 Å². The fraction of sp³-hybridized carbons (Fsp3) is 0.286. The van der Waals surface area contributed by atoms with Crippen molar-refractivity contribution in [3.8, 4) is 0 Å². The summed E-state index contributed by atoms with van der Waals surface area (Å²) in [6.45, 7) is 0.0710. The monoisotopic (exact) mass is 310 g/mol. The van der Waals surface area contributed by atoms with E-state index in [-0.39, 0.29) is 6.54 Å². The standard InChI is InChI=1S/C14H18N2O2S2/c1-16(2)12-7-5-11(6-8-12)13(10-15)20(17,18)14-4-3-9-19-14/h3-9,13H,10,15H2,1-2H3/t13-/m1/s1. The highest BCUT2D eigenvalue weighted by molar-refractivity contribution is 7.93. The number of benzene rings is 1. The van der Waals surface area contributed by atoms with Crippen LogP contribution in [-0.4, -0.2) is 29.1 Å². The molecule has 0 fully saturated rings. The minimum absolute atomic E-state index is 0.0710. The van der Waals surface area contributed by atoms with Gasteiger partial charge >= 0.3 is 0 Å². The summed E-state index contributed by atoms with van der Waals surface area (Å²) >= 11 is 1.22. The Balaban J connectivity index is 2.38. The van der Waals surface area contributed by atoms with Crippen LogP contribution < -0.4 is 10.6 Å². The summed E-state index contributed by atoms with van der Waals surface area (Å²) in [7, 11) is 0.471. The fourth-order valence-corrected chi connectivity index (χ4v) is 4.81. The number of sulfone groups is 1. The Morgan fingerprint density at radius 3 is 2.30 bits per heavy atom. The van der Waals surface area contributed by atoms with Gasteiger partial charge in [0.2, 0.25) is 0 Å². The second-order valence-corrected chi connectivity index (χ2v) is 7.99. The van der Waals surface area contributed by atoms with E-state index in [0.29, 0.717) is 4.21 Å². The molecule has 2 rings (SSSR count). The van der Waals surface area contributed by atoms with Gasteiger partial charge in [0.1, 0.15) is 9.46 Å². The number of rotatable bonds is 5. The van der Waals surface area contributed by atoms with Crippen molar-refractivity contribution in [2.24, 2.45) is 5.73 Å². The third kappa shape index (κ3) is 2.87. The van der Waals surface area contributed by atoms with Gasteiger partial charge in [-0.2, -0.15) is 0 Å². The number of nitrogens with zero attached hydrogens (tertiary/aromatic N) is 1. The van der Waals surface area contributed by atoms with Crippen molar-refractivity contribution in [2.75, 3.05) is 25.5 Å². The summed E-state index contributed by atoms with van der Waals surface area (Å²) in [6, 6.07) is 10.8. The lowest BCUT2D eigenvalue weighted by molar-refractivity contribution is 0.584. The third-order valence-electron chi connectivity index (χ3n) is 3.15. The lowest BCUT2D eigenvalue weighted by atomic mass is 10.1. The summed E-state index contributed by atoms with van der Waals surface area (Å²) in [4.78, 5) is 1.97. The molecule has 0 aliphatic rings. The molecule has 0 saturated carbocycles. The lowest BCUT2D eigenvalue weighted by Gasteiger charge is -2.17. The van der Waals surface area contributed by atoms with E-state index >= 15 is 0 Å². The molecule has 1 aromatic carbocycles. The maximum atomic E-state index is 12.6. The van der Waals surface area contributed by atoms with E-state index in [0.717, 1.165) is 11.3 Å². The molecule has 4 nitrogen and oxygen atoms in total. The van der Waals surface area contributed by atoms with Gasteiger partial charge in [-0.25, -0.2) is 8.42 Å². The molecule has 108 valence electrons. The maximum Gasteiger partial charge on any atom is 0.195 e. The highest BCUT2D eigenvalue weighted by atomic mass is 32.2. The molecule has 0 aliphatic carbocycles. The van der Waals surface area contributed by atoms with E-state index in [4.69, 9.17) is 5.73 Å². The molecule has 1 aromatic heterocycles. The first kappa shape index (κ1) is 15.0. The number of hydrogen-bond acceptors (Lipinski definition) is 5. The van der Waals surface area contributed by atoms with Gasteiger partial charge in [-0.3, -0.25) is 0 Å². The zero-order chi connectivity index (χ0) is 14.8. The van der Waals surface area contributed by atoms with E-state index in [9.17, 15) is 8.42 Å². The zero-order valence-corrected chi connectivity index (χ0v) is 13.1. The first-order valence-electron chi connectivity index (χ1n) is 6.21. The molecule has 0 radical (unpaired) electrons. The van der Waals surface area contributed by atoms with Gasteiger partial charge < -0.3 is 10.6 Å². The minimum Gasteiger partial charge on any atom is -0.378 e. The molecule has 1 heterocycles. The summed E-state index contributed by atoms with van der Waals surface area (Å²) in [5.74, 6) is 0. The Bertz CT molecular complexity index is 647. The summed E-state index contributed by atoms with van der Waals surface area (Å²) < 4.78 is 25.5. The van der Waals surface area contributed by atoms with Gasteiger partial charge in [-0.05, 0) is 29.1 Å². The number of thiophene rings is 1. The van der Waals surface area contributed by atoms with E-state index in [1.165, 1.54) is 11.3 Å². The van der Waals surface area contributed by atoms with E-state index < -0.39 is 15.1 Å². The van der Waals surface area contributed by atoms with Crippen LogP contribution in [0, 0.1) is 0 Å². The predicted molar refractivity (Wildman–Crippen MR) is 84.1 cm³/mol.